The Kier molecular flexibility index (Phi) is 4.25. The number of likely N-dealkylation sites (tertiary alicyclic amines) is 1. The van der Waals surface area contributed by atoms with E-state index in [1.54, 1.807) is 0 Å². The molecule has 3 unspecified atom stereocenters. The van der Waals surface area contributed by atoms with Gasteiger partial charge in [-0.15, -0.1) is 0 Å². The molecule has 0 amide bonds. The highest BCUT2D eigenvalue weighted by molar-refractivity contribution is 5.17. The van der Waals surface area contributed by atoms with Gasteiger partial charge in [0.15, 0.2) is 6.10 Å². The summed E-state index contributed by atoms with van der Waals surface area (Å²) in [5, 5.41) is 9.32. The van der Waals surface area contributed by atoms with Crippen molar-refractivity contribution in [3.8, 4) is 0 Å². The maximum Gasteiger partial charge on any atom is 0.414 e. The average molecular weight is 317 g/mol. The van der Waals surface area contributed by atoms with E-state index in [4.69, 9.17) is 4.42 Å². The van der Waals surface area contributed by atoms with Crippen LogP contribution in [0.3, 0.4) is 0 Å². The Morgan fingerprint density at radius 3 is 2.50 bits per heavy atom. The maximum absolute atomic E-state index is 12.5. The van der Waals surface area contributed by atoms with Crippen LogP contribution in [0.1, 0.15) is 43.6 Å². The fourth-order valence-corrected chi connectivity index (χ4v) is 3.31. The van der Waals surface area contributed by atoms with Crippen molar-refractivity contribution < 1.29 is 22.7 Å². The summed E-state index contributed by atoms with van der Waals surface area (Å²) in [4.78, 5) is 2.10. The smallest absolute Gasteiger partial charge is 0.414 e. The quantitative estimate of drug-likeness (QED) is 0.923. The summed E-state index contributed by atoms with van der Waals surface area (Å²) >= 11 is 0. The molecule has 124 valence electrons. The summed E-state index contributed by atoms with van der Waals surface area (Å²) < 4.78 is 43.4. The van der Waals surface area contributed by atoms with E-state index < -0.39 is 18.2 Å². The first kappa shape index (κ1) is 15.9. The second-order valence-electron chi connectivity index (χ2n) is 6.72. The number of halogens is 3. The number of aliphatic hydroxyl groups is 1. The molecule has 22 heavy (non-hydrogen) atoms. The lowest BCUT2D eigenvalue weighted by molar-refractivity contribution is -0.223. The fraction of sp³-hybridized carbons (Fsp3) is 0.750. The number of hydrogen-bond donors (Lipinski definition) is 1. The Morgan fingerprint density at radius 1 is 1.32 bits per heavy atom. The lowest BCUT2D eigenvalue weighted by Gasteiger charge is -2.34. The monoisotopic (exact) mass is 317 g/mol. The lowest BCUT2D eigenvalue weighted by Crippen LogP contribution is -2.43. The number of alkyl halides is 3. The molecule has 3 atom stereocenters. The predicted molar refractivity (Wildman–Crippen MR) is 75.3 cm³/mol. The molecule has 1 aliphatic carbocycles. The molecular weight excluding hydrogens is 295 g/mol. The lowest BCUT2D eigenvalue weighted by atomic mass is 9.91. The molecule has 2 heterocycles. The molecule has 2 aliphatic rings. The first-order valence-corrected chi connectivity index (χ1v) is 7.90. The van der Waals surface area contributed by atoms with E-state index in [9.17, 15) is 18.3 Å². The summed E-state index contributed by atoms with van der Waals surface area (Å²) in [6.45, 7) is 3.96. The van der Waals surface area contributed by atoms with Gasteiger partial charge in [0, 0.05) is 5.92 Å². The van der Waals surface area contributed by atoms with Gasteiger partial charge in [-0.1, -0.05) is 6.92 Å². The molecule has 1 N–H and O–H groups in total. The minimum atomic E-state index is -4.51. The van der Waals surface area contributed by atoms with Crippen LogP contribution in [0.25, 0.3) is 0 Å². The third kappa shape index (κ3) is 3.49. The van der Waals surface area contributed by atoms with Crippen LogP contribution in [-0.2, 0) is 6.54 Å². The molecule has 0 radical (unpaired) electrons. The van der Waals surface area contributed by atoms with Crippen LogP contribution < -0.4 is 0 Å². The minimum absolute atomic E-state index is 0.369. The largest absolute Gasteiger partial charge is 0.464 e. The third-order valence-corrected chi connectivity index (χ3v) is 4.95. The summed E-state index contributed by atoms with van der Waals surface area (Å²) in [6.07, 6.45) is -4.79. The van der Waals surface area contributed by atoms with Crippen LogP contribution in [0, 0.1) is 11.8 Å². The van der Waals surface area contributed by atoms with Crippen molar-refractivity contribution in [2.45, 2.75) is 50.9 Å². The van der Waals surface area contributed by atoms with E-state index in [1.165, 1.54) is 6.42 Å². The number of hydrogen-bond acceptors (Lipinski definition) is 3. The first-order chi connectivity index (χ1) is 10.3. The standard InChI is InChI=1S/C16H22F3NO2/c1-10-8-13(10)14-3-2-12(22-14)9-20-6-4-11(5-7-20)15(21)16(17,18)19/h2-3,10-11,13,15,21H,4-9H2,1H3. The van der Waals surface area contributed by atoms with E-state index in [2.05, 4.69) is 11.8 Å². The number of aliphatic hydroxyl groups excluding tert-OH is 1. The van der Waals surface area contributed by atoms with Gasteiger partial charge in [-0.25, -0.2) is 0 Å². The molecule has 1 saturated carbocycles. The molecule has 0 bridgehead atoms. The molecule has 1 aliphatic heterocycles. The van der Waals surface area contributed by atoms with Crippen LogP contribution in [0.4, 0.5) is 13.2 Å². The zero-order chi connectivity index (χ0) is 15.9. The van der Waals surface area contributed by atoms with Crippen LogP contribution in [0.2, 0.25) is 0 Å². The molecule has 2 fully saturated rings. The normalized spacial score (nSPS) is 28.8. The van der Waals surface area contributed by atoms with Crippen molar-refractivity contribution in [2.75, 3.05) is 13.1 Å². The zero-order valence-corrected chi connectivity index (χ0v) is 12.6. The molecular formula is C16H22F3NO2. The molecule has 1 saturated heterocycles. The van der Waals surface area contributed by atoms with E-state index >= 15 is 0 Å². The highest BCUT2D eigenvalue weighted by atomic mass is 19.4. The van der Waals surface area contributed by atoms with E-state index in [0.717, 1.165) is 11.5 Å². The Balaban J connectivity index is 1.49. The number of rotatable bonds is 4. The zero-order valence-electron chi connectivity index (χ0n) is 12.6. The Hall–Kier alpha value is -1.01. The van der Waals surface area contributed by atoms with Gasteiger partial charge < -0.3 is 9.52 Å². The van der Waals surface area contributed by atoms with Crippen molar-refractivity contribution in [3.05, 3.63) is 23.7 Å². The van der Waals surface area contributed by atoms with Crippen molar-refractivity contribution in [2.24, 2.45) is 11.8 Å². The van der Waals surface area contributed by atoms with Gasteiger partial charge in [0.05, 0.1) is 6.54 Å². The number of furan rings is 1. The van der Waals surface area contributed by atoms with Crippen molar-refractivity contribution in [1.82, 2.24) is 4.90 Å². The molecule has 1 aromatic rings. The van der Waals surface area contributed by atoms with Gasteiger partial charge in [0.1, 0.15) is 11.5 Å². The fourth-order valence-electron chi connectivity index (χ4n) is 3.31. The Bertz CT molecular complexity index is 506. The molecule has 6 heteroatoms. The molecule has 3 rings (SSSR count). The Labute approximate surface area is 128 Å². The summed E-state index contributed by atoms with van der Waals surface area (Å²) in [6, 6.07) is 3.99. The van der Waals surface area contributed by atoms with Crippen LogP contribution >= 0.6 is 0 Å². The summed E-state index contributed by atoms with van der Waals surface area (Å²) in [7, 11) is 0. The Morgan fingerprint density at radius 2 is 1.95 bits per heavy atom. The second-order valence-corrected chi connectivity index (χ2v) is 6.72. The maximum atomic E-state index is 12.5. The van der Waals surface area contributed by atoms with Crippen molar-refractivity contribution >= 4 is 0 Å². The van der Waals surface area contributed by atoms with Gasteiger partial charge in [0.2, 0.25) is 0 Å². The van der Waals surface area contributed by atoms with Gasteiger partial charge in [-0.05, 0) is 56.3 Å². The van der Waals surface area contributed by atoms with Gasteiger partial charge in [-0.3, -0.25) is 4.90 Å². The van der Waals surface area contributed by atoms with Crippen LogP contribution in [-0.4, -0.2) is 35.4 Å². The van der Waals surface area contributed by atoms with Gasteiger partial charge >= 0.3 is 6.18 Å². The SMILES string of the molecule is CC1CC1c1ccc(CN2CCC(C(O)C(F)(F)F)CC2)o1. The molecule has 0 aromatic carbocycles. The van der Waals surface area contributed by atoms with E-state index in [-0.39, 0.29) is 0 Å². The molecule has 0 spiro atoms. The average Bonchev–Trinajstić information content (AvgIpc) is 3.01. The van der Waals surface area contributed by atoms with Crippen molar-refractivity contribution in [3.63, 3.8) is 0 Å². The topological polar surface area (TPSA) is 36.6 Å². The summed E-state index contributed by atoms with van der Waals surface area (Å²) in [5.74, 6) is 2.46. The number of nitrogens with zero attached hydrogens (tertiary/aromatic N) is 1. The van der Waals surface area contributed by atoms with E-state index in [1.807, 2.05) is 12.1 Å². The second kappa shape index (κ2) is 5.89. The van der Waals surface area contributed by atoms with Crippen molar-refractivity contribution in [1.29, 1.82) is 0 Å². The number of piperidine rings is 1. The highest BCUT2D eigenvalue weighted by Gasteiger charge is 2.44. The van der Waals surface area contributed by atoms with Crippen LogP contribution in [0.5, 0.6) is 0 Å². The van der Waals surface area contributed by atoms with Crippen LogP contribution in [0.15, 0.2) is 16.5 Å². The predicted octanol–water partition coefficient (Wildman–Crippen LogP) is 3.54. The molecule has 1 aromatic heterocycles. The molecule has 3 nitrogen and oxygen atoms in total. The van der Waals surface area contributed by atoms with Gasteiger partial charge in [0.25, 0.3) is 0 Å². The summed E-state index contributed by atoms with van der Waals surface area (Å²) in [5.41, 5.74) is 0. The highest BCUT2D eigenvalue weighted by Crippen LogP contribution is 2.47. The first-order valence-electron chi connectivity index (χ1n) is 7.90. The third-order valence-electron chi connectivity index (χ3n) is 4.95. The van der Waals surface area contributed by atoms with Gasteiger partial charge in [-0.2, -0.15) is 13.2 Å². The minimum Gasteiger partial charge on any atom is -0.464 e. The van der Waals surface area contributed by atoms with E-state index in [0.29, 0.717) is 44.3 Å².